The van der Waals surface area contributed by atoms with Crippen molar-refractivity contribution in [2.75, 3.05) is 0 Å². The number of rotatable bonds is 6. The van der Waals surface area contributed by atoms with Gasteiger partial charge in [0.15, 0.2) is 11.6 Å². The van der Waals surface area contributed by atoms with Crippen molar-refractivity contribution in [3.8, 4) is 28.1 Å². The predicted octanol–water partition coefficient (Wildman–Crippen LogP) is 6.07. The summed E-state index contributed by atoms with van der Waals surface area (Å²) in [5.74, 6) is -4.60. The van der Waals surface area contributed by atoms with E-state index in [4.69, 9.17) is 16.3 Å². The summed E-state index contributed by atoms with van der Waals surface area (Å²) in [5.41, 5.74) is -1.90. The lowest BCUT2D eigenvalue weighted by Gasteiger charge is -2.22. The smallest absolute Gasteiger partial charge is 0.341 e. The van der Waals surface area contributed by atoms with Crippen LogP contribution in [0.15, 0.2) is 35.1 Å². The first kappa shape index (κ1) is 24.4. The van der Waals surface area contributed by atoms with E-state index in [0.717, 1.165) is 18.2 Å². The van der Waals surface area contributed by atoms with Gasteiger partial charge >= 0.3 is 5.97 Å². The molecule has 0 aliphatic rings. The normalized spacial score (nSPS) is 11.2. The van der Waals surface area contributed by atoms with Gasteiger partial charge < -0.3 is 14.4 Å². The summed E-state index contributed by atoms with van der Waals surface area (Å²) in [7, 11) is 0. The fraction of sp³-hybridized carbons (Fsp3) is 0.250. The molecule has 0 saturated heterocycles. The largest absolute Gasteiger partial charge is 0.489 e. The van der Waals surface area contributed by atoms with E-state index in [1.807, 2.05) is 0 Å². The fourth-order valence-corrected chi connectivity index (χ4v) is 3.95. The van der Waals surface area contributed by atoms with Crippen molar-refractivity contribution < 1.29 is 27.8 Å². The van der Waals surface area contributed by atoms with Crippen molar-refractivity contribution in [2.45, 2.75) is 40.3 Å². The molecule has 1 N–H and O–H groups in total. The maximum atomic E-state index is 15.0. The molecule has 5 nitrogen and oxygen atoms in total. The van der Waals surface area contributed by atoms with E-state index in [0.29, 0.717) is 0 Å². The molecular weight excluding hydrogens is 459 g/mol. The molecule has 174 valence electrons. The highest BCUT2D eigenvalue weighted by atomic mass is 35.5. The van der Waals surface area contributed by atoms with Crippen LogP contribution in [0.2, 0.25) is 5.02 Å². The van der Waals surface area contributed by atoms with Crippen LogP contribution in [-0.2, 0) is 6.54 Å². The van der Waals surface area contributed by atoms with Gasteiger partial charge in [0.2, 0.25) is 5.43 Å². The van der Waals surface area contributed by atoms with Crippen LogP contribution < -0.4 is 10.2 Å². The second kappa shape index (κ2) is 9.31. The second-order valence-electron chi connectivity index (χ2n) is 7.62. The van der Waals surface area contributed by atoms with Crippen LogP contribution in [0.5, 0.6) is 5.75 Å². The molecule has 0 aliphatic heterocycles. The monoisotopic (exact) mass is 479 g/mol. The molecule has 1 aromatic heterocycles. The molecule has 0 aliphatic carbocycles. The summed E-state index contributed by atoms with van der Waals surface area (Å²) < 4.78 is 49.4. The fourth-order valence-electron chi connectivity index (χ4n) is 3.75. The molecule has 0 spiro atoms. The number of halogens is 4. The average molecular weight is 480 g/mol. The van der Waals surface area contributed by atoms with E-state index in [2.05, 4.69) is 0 Å². The van der Waals surface area contributed by atoms with Crippen molar-refractivity contribution in [3.63, 3.8) is 0 Å². The van der Waals surface area contributed by atoms with Gasteiger partial charge in [-0.3, -0.25) is 4.79 Å². The minimum atomic E-state index is -1.59. The number of benzene rings is 2. The summed E-state index contributed by atoms with van der Waals surface area (Å²) >= 11 is 6.08. The molecule has 2 aromatic carbocycles. The van der Waals surface area contributed by atoms with Crippen LogP contribution in [0.1, 0.15) is 36.8 Å². The van der Waals surface area contributed by atoms with Gasteiger partial charge in [-0.05, 0) is 58.0 Å². The molecule has 33 heavy (non-hydrogen) atoms. The van der Waals surface area contributed by atoms with Gasteiger partial charge in [0, 0.05) is 23.4 Å². The van der Waals surface area contributed by atoms with Crippen molar-refractivity contribution >= 4 is 17.6 Å². The molecule has 0 unspecified atom stereocenters. The van der Waals surface area contributed by atoms with Gasteiger partial charge in [0.25, 0.3) is 0 Å². The SMILES string of the molecule is CCn1c(C)c(-c2cc(OC(C)C)c(Cl)cc2F)c(=O)c(C(=O)O)c1-c1ccc(F)c(F)c1. The Morgan fingerprint density at radius 2 is 1.79 bits per heavy atom. The Morgan fingerprint density at radius 1 is 1.12 bits per heavy atom. The molecule has 1 heterocycles. The number of aromatic carboxylic acids is 1. The van der Waals surface area contributed by atoms with Crippen LogP contribution >= 0.6 is 11.6 Å². The van der Waals surface area contributed by atoms with Crippen molar-refractivity contribution in [1.82, 2.24) is 4.57 Å². The third kappa shape index (κ3) is 4.48. The van der Waals surface area contributed by atoms with E-state index >= 15 is 0 Å². The first-order valence-corrected chi connectivity index (χ1v) is 10.5. The molecule has 0 amide bonds. The van der Waals surface area contributed by atoms with Crippen LogP contribution in [-0.4, -0.2) is 21.7 Å². The van der Waals surface area contributed by atoms with Crippen LogP contribution in [0.25, 0.3) is 22.4 Å². The standard InChI is InChI=1S/C24H21ClF3NO4/c1-5-29-12(4)20(14-9-19(33-11(2)3)15(25)10-17(14)27)23(30)21(24(31)32)22(29)13-6-7-16(26)18(28)8-13/h6-11H,5H2,1-4H3,(H,31,32). The highest BCUT2D eigenvalue weighted by Crippen LogP contribution is 2.36. The van der Waals surface area contributed by atoms with Crippen molar-refractivity contribution in [1.29, 1.82) is 0 Å². The summed E-state index contributed by atoms with van der Waals surface area (Å²) in [6.45, 7) is 6.86. The molecule has 3 rings (SSSR count). The maximum Gasteiger partial charge on any atom is 0.341 e. The Morgan fingerprint density at radius 3 is 2.33 bits per heavy atom. The number of carboxylic acid groups (broad SMARTS) is 1. The van der Waals surface area contributed by atoms with Crippen LogP contribution in [0, 0.1) is 24.4 Å². The van der Waals surface area contributed by atoms with Crippen molar-refractivity contribution in [2.24, 2.45) is 0 Å². The molecule has 9 heteroatoms. The topological polar surface area (TPSA) is 68.5 Å². The Bertz CT molecular complexity index is 1320. The van der Waals surface area contributed by atoms with Gasteiger partial charge in [0.05, 0.1) is 22.4 Å². The lowest BCUT2D eigenvalue weighted by Crippen LogP contribution is -2.25. The molecule has 0 bridgehead atoms. The molecule has 0 saturated carbocycles. The summed E-state index contributed by atoms with van der Waals surface area (Å²) in [6.07, 6.45) is -0.292. The van der Waals surface area contributed by atoms with E-state index < -0.39 is 34.4 Å². The van der Waals surface area contributed by atoms with Crippen LogP contribution in [0.4, 0.5) is 13.2 Å². The Labute approximate surface area is 193 Å². The number of ether oxygens (including phenoxy) is 1. The number of aromatic nitrogens is 1. The van der Waals surface area contributed by atoms with E-state index in [9.17, 15) is 27.9 Å². The van der Waals surface area contributed by atoms with E-state index in [-0.39, 0.29) is 51.5 Å². The Hall–Kier alpha value is -3.26. The molecule has 0 atom stereocenters. The lowest BCUT2D eigenvalue weighted by molar-refractivity contribution is 0.0695. The summed E-state index contributed by atoms with van der Waals surface area (Å²) in [4.78, 5) is 25.6. The highest BCUT2D eigenvalue weighted by Gasteiger charge is 2.28. The van der Waals surface area contributed by atoms with Gasteiger partial charge in [-0.25, -0.2) is 18.0 Å². The zero-order valence-electron chi connectivity index (χ0n) is 18.3. The van der Waals surface area contributed by atoms with Gasteiger partial charge in [-0.15, -0.1) is 0 Å². The molecule has 3 aromatic rings. The number of nitrogens with zero attached hydrogens (tertiary/aromatic N) is 1. The van der Waals surface area contributed by atoms with Gasteiger partial charge in [-0.2, -0.15) is 0 Å². The molecule has 0 radical (unpaired) electrons. The highest BCUT2D eigenvalue weighted by molar-refractivity contribution is 6.32. The number of pyridine rings is 1. The number of carbonyl (C=O) groups is 1. The van der Waals surface area contributed by atoms with E-state index in [1.54, 1.807) is 20.8 Å². The predicted molar refractivity (Wildman–Crippen MR) is 120 cm³/mol. The Kier molecular flexibility index (Phi) is 6.88. The first-order valence-electron chi connectivity index (χ1n) is 10.1. The summed E-state index contributed by atoms with van der Waals surface area (Å²) in [5, 5.41) is 9.88. The minimum Gasteiger partial charge on any atom is -0.489 e. The zero-order chi connectivity index (χ0) is 24.6. The number of hydrogen-bond acceptors (Lipinski definition) is 3. The van der Waals surface area contributed by atoms with Gasteiger partial charge in [0.1, 0.15) is 17.1 Å². The zero-order valence-corrected chi connectivity index (χ0v) is 19.1. The average Bonchev–Trinajstić information content (AvgIpc) is 2.72. The lowest BCUT2D eigenvalue weighted by atomic mass is 9.95. The first-order chi connectivity index (χ1) is 15.5. The number of hydrogen-bond donors (Lipinski definition) is 1. The van der Waals surface area contributed by atoms with Gasteiger partial charge in [-0.1, -0.05) is 11.6 Å². The molecular formula is C24H21ClF3NO4. The van der Waals surface area contributed by atoms with Crippen molar-refractivity contribution in [3.05, 3.63) is 74.3 Å². The number of carboxylic acids is 1. The van der Waals surface area contributed by atoms with Crippen LogP contribution in [0.3, 0.4) is 0 Å². The maximum absolute atomic E-state index is 15.0. The molecule has 0 fully saturated rings. The minimum absolute atomic E-state index is 0.000285. The summed E-state index contributed by atoms with van der Waals surface area (Å²) in [6, 6.07) is 5.10. The third-order valence-electron chi connectivity index (χ3n) is 5.10. The second-order valence-corrected chi connectivity index (χ2v) is 8.03. The quantitative estimate of drug-likeness (QED) is 0.466. The van der Waals surface area contributed by atoms with E-state index in [1.165, 1.54) is 23.6 Å². The Balaban J connectivity index is 2.44. The third-order valence-corrected chi connectivity index (χ3v) is 5.40.